The molecule has 1 N–H and O–H groups in total. The summed E-state index contributed by atoms with van der Waals surface area (Å²) in [4.78, 5) is 0. The zero-order chi connectivity index (χ0) is 14.0. The summed E-state index contributed by atoms with van der Waals surface area (Å²) in [5.41, 5.74) is -0.649. The molecule has 1 fully saturated rings. The van der Waals surface area contributed by atoms with Gasteiger partial charge < -0.3 is 5.11 Å². The third kappa shape index (κ3) is 2.82. The lowest BCUT2D eigenvalue weighted by atomic mass is 9.66. The first-order valence-corrected chi connectivity index (χ1v) is 7.32. The van der Waals surface area contributed by atoms with Crippen LogP contribution in [0.2, 0.25) is 0 Å². The molecule has 0 saturated heterocycles. The second-order valence-corrected chi connectivity index (χ2v) is 6.45. The molecule has 4 heteroatoms. The number of benzene rings is 1. The number of hydrogen-bond donors (Lipinski definition) is 1. The fourth-order valence-electron chi connectivity index (χ4n) is 3.02. The SMILES string of the molecule is CC1CCCC(C#N)(C(O)c2cc(Br)ccc2F)C1. The van der Waals surface area contributed by atoms with E-state index < -0.39 is 17.3 Å². The number of nitrogens with zero attached hydrogens (tertiary/aromatic N) is 1. The molecule has 102 valence electrons. The second-order valence-electron chi connectivity index (χ2n) is 5.54. The van der Waals surface area contributed by atoms with Gasteiger partial charge in [0.25, 0.3) is 0 Å². The fourth-order valence-corrected chi connectivity index (χ4v) is 3.40. The standard InChI is InChI=1S/C15H17BrFNO/c1-10-3-2-6-15(8-10,9-18)14(19)12-7-11(16)4-5-13(12)17/h4-5,7,10,14,19H,2-3,6,8H2,1H3. The van der Waals surface area contributed by atoms with E-state index in [4.69, 9.17) is 0 Å². The first kappa shape index (κ1) is 14.5. The highest BCUT2D eigenvalue weighted by Crippen LogP contribution is 2.48. The van der Waals surface area contributed by atoms with Crippen molar-refractivity contribution in [2.75, 3.05) is 0 Å². The van der Waals surface area contributed by atoms with Crippen molar-refractivity contribution in [3.63, 3.8) is 0 Å². The van der Waals surface area contributed by atoms with Gasteiger partial charge in [0.05, 0.1) is 11.5 Å². The number of aliphatic hydroxyl groups is 1. The Morgan fingerprint density at radius 1 is 1.58 bits per heavy atom. The van der Waals surface area contributed by atoms with Crippen molar-refractivity contribution >= 4 is 15.9 Å². The normalized spacial score (nSPS) is 28.7. The molecule has 0 heterocycles. The third-order valence-electron chi connectivity index (χ3n) is 4.03. The lowest BCUT2D eigenvalue weighted by molar-refractivity contribution is 0.0195. The quantitative estimate of drug-likeness (QED) is 0.878. The molecule has 2 rings (SSSR count). The van der Waals surface area contributed by atoms with Crippen LogP contribution in [0.15, 0.2) is 22.7 Å². The fraction of sp³-hybridized carbons (Fsp3) is 0.533. The van der Waals surface area contributed by atoms with E-state index in [9.17, 15) is 14.8 Å². The molecule has 0 aliphatic heterocycles. The van der Waals surface area contributed by atoms with Gasteiger partial charge in [0.15, 0.2) is 0 Å². The third-order valence-corrected chi connectivity index (χ3v) is 4.52. The number of rotatable bonds is 2. The van der Waals surface area contributed by atoms with Gasteiger partial charge in [-0.1, -0.05) is 35.7 Å². The van der Waals surface area contributed by atoms with Gasteiger partial charge in [-0.15, -0.1) is 0 Å². The minimum absolute atomic E-state index is 0.213. The molecule has 1 saturated carbocycles. The minimum atomic E-state index is -1.07. The Labute approximate surface area is 121 Å². The number of nitriles is 1. The van der Waals surface area contributed by atoms with Crippen LogP contribution in [-0.2, 0) is 0 Å². The summed E-state index contributed by atoms with van der Waals surface area (Å²) in [6.45, 7) is 2.08. The summed E-state index contributed by atoms with van der Waals surface area (Å²) in [5, 5.41) is 20.0. The largest absolute Gasteiger partial charge is 0.387 e. The highest BCUT2D eigenvalue weighted by molar-refractivity contribution is 9.10. The van der Waals surface area contributed by atoms with Gasteiger partial charge in [-0.05, 0) is 37.0 Å². The van der Waals surface area contributed by atoms with Crippen LogP contribution < -0.4 is 0 Å². The Bertz CT molecular complexity index is 513. The molecule has 0 bridgehead atoms. The predicted molar refractivity (Wildman–Crippen MR) is 74.7 cm³/mol. The van der Waals surface area contributed by atoms with E-state index in [1.165, 1.54) is 6.07 Å². The van der Waals surface area contributed by atoms with Crippen LogP contribution in [0.4, 0.5) is 4.39 Å². The Kier molecular flexibility index (Phi) is 4.27. The van der Waals surface area contributed by atoms with Crippen LogP contribution in [-0.4, -0.2) is 5.11 Å². The lowest BCUT2D eigenvalue weighted by Crippen LogP contribution is -2.33. The summed E-state index contributed by atoms with van der Waals surface area (Å²) < 4.78 is 14.6. The molecule has 2 nitrogen and oxygen atoms in total. The molecule has 1 aromatic rings. The molecule has 0 amide bonds. The summed E-state index contributed by atoms with van der Waals surface area (Å²) in [7, 11) is 0. The van der Waals surface area contributed by atoms with E-state index in [1.807, 2.05) is 0 Å². The monoisotopic (exact) mass is 325 g/mol. The number of halogens is 2. The predicted octanol–water partition coefficient (Wildman–Crippen LogP) is 4.34. The second kappa shape index (κ2) is 5.60. The molecule has 3 atom stereocenters. The summed E-state index contributed by atoms with van der Waals surface area (Å²) >= 11 is 3.28. The van der Waals surface area contributed by atoms with Crippen LogP contribution in [0, 0.1) is 28.5 Å². The molecule has 0 aromatic heterocycles. The van der Waals surface area contributed by atoms with Gasteiger partial charge in [-0.2, -0.15) is 5.26 Å². The minimum Gasteiger partial charge on any atom is -0.387 e. The van der Waals surface area contributed by atoms with Crippen molar-refractivity contribution in [3.8, 4) is 6.07 Å². The Balaban J connectivity index is 2.38. The Morgan fingerprint density at radius 2 is 2.32 bits per heavy atom. The van der Waals surface area contributed by atoms with Gasteiger partial charge in [0, 0.05) is 10.0 Å². The van der Waals surface area contributed by atoms with Crippen LogP contribution in [0.1, 0.15) is 44.3 Å². The first-order valence-electron chi connectivity index (χ1n) is 6.53. The molecule has 3 unspecified atom stereocenters. The van der Waals surface area contributed by atoms with Crippen LogP contribution in [0.25, 0.3) is 0 Å². The average Bonchev–Trinajstić information content (AvgIpc) is 2.40. The maximum Gasteiger partial charge on any atom is 0.129 e. The van der Waals surface area contributed by atoms with Crippen molar-refractivity contribution in [1.82, 2.24) is 0 Å². The maximum atomic E-state index is 13.9. The molecular formula is C15H17BrFNO. The van der Waals surface area contributed by atoms with Crippen molar-refractivity contribution in [3.05, 3.63) is 34.1 Å². The highest BCUT2D eigenvalue weighted by atomic mass is 79.9. The molecule has 1 aliphatic carbocycles. The molecule has 19 heavy (non-hydrogen) atoms. The molecule has 0 radical (unpaired) electrons. The van der Waals surface area contributed by atoms with E-state index in [0.717, 1.165) is 12.8 Å². The van der Waals surface area contributed by atoms with Crippen LogP contribution >= 0.6 is 15.9 Å². The van der Waals surface area contributed by atoms with Gasteiger partial charge in [0.2, 0.25) is 0 Å². The Hall–Kier alpha value is -0.920. The van der Waals surface area contributed by atoms with Gasteiger partial charge in [-0.3, -0.25) is 0 Å². The number of aliphatic hydroxyl groups excluding tert-OH is 1. The topological polar surface area (TPSA) is 44.0 Å². The molecular weight excluding hydrogens is 309 g/mol. The Morgan fingerprint density at radius 3 is 2.95 bits per heavy atom. The zero-order valence-corrected chi connectivity index (χ0v) is 12.5. The van der Waals surface area contributed by atoms with Crippen molar-refractivity contribution in [1.29, 1.82) is 5.26 Å². The smallest absolute Gasteiger partial charge is 0.129 e. The zero-order valence-electron chi connectivity index (χ0n) is 10.9. The van der Waals surface area contributed by atoms with Crippen LogP contribution in [0.3, 0.4) is 0 Å². The van der Waals surface area contributed by atoms with E-state index in [0.29, 0.717) is 23.2 Å². The van der Waals surface area contributed by atoms with Gasteiger partial charge >= 0.3 is 0 Å². The lowest BCUT2D eigenvalue weighted by Gasteiger charge is -2.38. The average molecular weight is 326 g/mol. The van der Waals surface area contributed by atoms with Crippen molar-refractivity contribution in [2.24, 2.45) is 11.3 Å². The van der Waals surface area contributed by atoms with Crippen LogP contribution in [0.5, 0.6) is 0 Å². The molecule has 1 aromatic carbocycles. The van der Waals surface area contributed by atoms with E-state index >= 15 is 0 Å². The highest BCUT2D eigenvalue weighted by Gasteiger charge is 2.43. The maximum absolute atomic E-state index is 13.9. The van der Waals surface area contributed by atoms with Crippen molar-refractivity contribution in [2.45, 2.75) is 38.7 Å². The summed E-state index contributed by atoms with van der Waals surface area (Å²) in [6.07, 6.45) is 2.15. The summed E-state index contributed by atoms with van der Waals surface area (Å²) in [6, 6.07) is 6.74. The first-order chi connectivity index (χ1) is 8.98. The van der Waals surface area contributed by atoms with E-state index in [1.54, 1.807) is 12.1 Å². The van der Waals surface area contributed by atoms with E-state index in [-0.39, 0.29) is 5.56 Å². The van der Waals surface area contributed by atoms with E-state index in [2.05, 4.69) is 28.9 Å². The summed E-state index contributed by atoms with van der Waals surface area (Å²) in [5.74, 6) is -0.0678. The van der Waals surface area contributed by atoms with Crippen molar-refractivity contribution < 1.29 is 9.50 Å². The molecule has 1 aliphatic rings. The number of hydrogen-bond acceptors (Lipinski definition) is 2. The van der Waals surface area contributed by atoms with Gasteiger partial charge in [-0.25, -0.2) is 4.39 Å². The molecule has 0 spiro atoms. The van der Waals surface area contributed by atoms with Gasteiger partial charge in [0.1, 0.15) is 11.9 Å².